The monoisotopic (exact) mass is 321 g/mol. The van der Waals surface area contributed by atoms with Gasteiger partial charge in [0.15, 0.2) is 11.5 Å². The minimum absolute atomic E-state index is 0.157. The van der Waals surface area contributed by atoms with Crippen LogP contribution in [-0.2, 0) is 10.5 Å². The predicted molar refractivity (Wildman–Crippen MR) is 88.3 cm³/mol. The standard InChI is InChI=1S/C17H23NO3S/c1-12-4-2-3-5-14(12)18-17(19)10-22-9-13-6-7-15-16(8-13)21-11-20-15/h6-8,12,14H,2-5,9-11H2,1H3,(H,18,19)/t12-,14+/m1/s1. The molecule has 5 heteroatoms. The molecule has 1 N–H and O–H groups in total. The highest BCUT2D eigenvalue weighted by Crippen LogP contribution is 2.33. The van der Waals surface area contributed by atoms with E-state index < -0.39 is 0 Å². The fraction of sp³-hybridized carbons (Fsp3) is 0.588. The number of hydrogen-bond donors (Lipinski definition) is 1. The van der Waals surface area contributed by atoms with Gasteiger partial charge in [-0.2, -0.15) is 0 Å². The summed E-state index contributed by atoms with van der Waals surface area (Å²) in [4.78, 5) is 12.1. The maximum absolute atomic E-state index is 12.1. The third-order valence-electron chi connectivity index (χ3n) is 4.40. The minimum Gasteiger partial charge on any atom is -0.454 e. The summed E-state index contributed by atoms with van der Waals surface area (Å²) in [6.45, 7) is 2.54. The quantitative estimate of drug-likeness (QED) is 0.903. The Morgan fingerprint density at radius 3 is 2.95 bits per heavy atom. The topological polar surface area (TPSA) is 47.6 Å². The molecule has 0 unspecified atom stereocenters. The zero-order valence-electron chi connectivity index (χ0n) is 13.0. The summed E-state index contributed by atoms with van der Waals surface area (Å²) in [5.74, 6) is 3.69. The van der Waals surface area contributed by atoms with E-state index in [9.17, 15) is 4.79 Å². The van der Waals surface area contributed by atoms with Crippen molar-refractivity contribution in [2.75, 3.05) is 12.5 Å². The molecule has 0 spiro atoms. The molecule has 4 nitrogen and oxygen atoms in total. The number of carbonyl (C=O) groups is 1. The van der Waals surface area contributed by atoms with Crippen LogP contribution in [0, 0.1) is 5.92 Å². The number of amides is 1. The van der Waals surface area contributed by atoms with E-state index in [0.29, 0.717) is 24.5 Å². The van der Waals surface area contributed by atoms with Gasteiger partial charge in [0.2, 0.25) is 12.7 Å². The second-order valence-corrected chi connectivity index (χ2v) is 7.10. The summed E-state index contributed by atoms with van der Waals surface area (Å²) in [5, 5.41) is 3.19. The molecule has 1 fully saturated rings. The zero-order chi connectivity index (χ0) is 15.4. The molecule has 0 radical (unpaired) electrons. The van der Waals surface area contributed by atoms with Crippen molar-refractivity contribution in [2.45, 2.75) is 44.4 Å². The molecular weight excluding hydrogens is 298 g/mol. The molecule has 1 aliphatic heterocycles. The molecule has 1 heterocycles. The van der Waals surface area contributed by atoms with Crippen molar-refractivity contribution in [3.63, 3.8) is 0 Å². The van der Waals surface area contributed by atoms with Gasteiger partial charge in [-0.25, -0.2) is 0 Å². The van der Waals surface area contributed by atoms with Crippen molar-refractivity contribution in [1.29, 1.82) is 0 Å². The van der Waals surface area contributed by atoms with Gasteiger partial charge in [0, 0.05) is 11.8 Å². The Kier molecular flexibility index (Phi) is 5.13. The van der Waals surface area contributed by atoms with Crippen LogP contribution in [0.3, 0.4) is 0 Å². The molecule has 3 rings (SSSR count). The molecule has 0 aromatic heterocycles. The van der Waals surface area contributed by atoms with Gasteiger partial charge in [-0.3, -0.25) is 4.79 Å². The van der Waals surface area contributed by atoms with E-state index in [2.05, 4.69) is 12.2 Å². The summed E-state index contributed by atoms with van der Waals surface area (Å²) in [6.07, 6.45) is 4.89. The van der Waals surface area contributed by atoms with Crippen molar-refractivity contribution >= 4 is 17.7 Å². The first kappa shape index (κ1) is 15.5. The van der Waals surface area contributed by atoms with E-state index in [1.165, 1.54) is 19.3 Å². The van der Waals surface area contributed by atoms with Crippen LogP contribution in [0.2, 0.25) is 0 Å². The van der Waals surface area contributed by atoms with Crippen molar-refractivity contribution in [2.24, 2.45) is 5.92 Å². The molecule has 1 aliphatic carbocycles. The van der Waals surface area contributed by atoms with Crippen LogP contribution in [0.5, 0.6) is 11.5 Å². The highest BCUT2D eigenvalue weighted by molar-refractivity contribution is 7.99. The van der Waals surface area contributed by atoms with Gasteiger partial charge < -0.3 is 14.8 Å². The first-order chi connectivity index (χ1) is 10.7. The molecule has 0 bridgehead atoms. The molecule has 1 amide bonds. The van der Waals surface area contributed by atoms with E-state index in [1.54, 1.807) is 11.8 Å². The summed E-state index contributed by atoms with van der Waals surface area (Å²) < 4.78 is 10.7. The van der Waals surface area contributed by atoms with Crippen molar-refractivity contribution in [3.8, 4) is 11.5 Å². The largest absolute Gasteiger partial charge is 0.454 e. The molecule has 22 heavy (non-hydrogen) atoms. The van der Waals surface area contributed by atoms with Crippen LogP contribution in [0.1, 0.15) is 38.2 Å². The van der Waals surface area contributed by atoms with Crippen LogP contribution < -0.4 is 14.8 Å². The number of hydrogen-bond acceptors (Lipinski definition) is 4. The fourth-order valence-electron chi connectivity index (χ4n) is 3.07. The van der Waals surface area contributed by atoms with Gasteiger partial charge in [-0.15, -0.1) is 11.8 Å². The molecule has 2 atom stereocenters. The molecule has 2 aliphatic rings. The summed E-state index contributed by atoms with van der Waals surface area (Å²) in [6, 6.07) is 6.33. The Morgan fingerprint density at radius 1 is 1.27 bits per heavy atom. The summed E-state index contributed by atoms with van der Waals surface area (Å²) in [7, 11) is 0. The number of benzene rings is 1. The first-order valence-electron chi connectivity index (χ1n) is 7.98. The van der Waals surface area contributed by atoms with Crippen LogP contribution in [0.4, 0.5) is 0 Å². The van der Waals surface area contributed by atoms with E-state index >= 15 is 0 Å². The van der Waals surface area contributed by atoms with Gasteiger partial charge in [-0.05, 0) is 36.5 Å². The number of thioether (sulfide) groups is 1. The zero-order valence-corrected chi connectivity index (χ0v) is 13.8. The van der Waals surface area contributed by atoms with Gasteiger partial charge in [0.25, 0.3) is 0 Å². The van der Waals surface area contributed by atoms with Crippen LogP contribution in [-0.4, -0.2) is 24.5 Å². The number of nitrogens with one attached hydrogen (secondary N) is 1. The Bertz CT molecular complexity index is 535. The Hall–Kier alpha value is -1.36. The number of rotatable bonds is 5. The Labute approximate surface area is 135 Å². The average molecular weight is 321 g/mol. The van der Waals surface area contributed by atoms with E-state index in [4.69, 9.17) is 9.47 Å². The molecule has 1 aromatic carbocycles. The van der Waals surface area contributed by atoms with Crippen LogP contribution >= 0.6 is 11.8 Å². The predicted octanol–water partition coefficient (Wildman–Crippen LogP) is 3.34. The van der Waals surface area contributed by atoms with Crippen LogP contribution in [0.15, 0.2) is 18.2 Å². The number of ether oxygens (including phenoxy) is 2. The molecular formula is C17H23NO3S. The SMILES string of the molecule is C[C@@H]1CCCC[C@@H]1NC(=O)CSCc1ccc2c(c1)OCO2. The van der Waals surface area contributed by atoms with Gasteiger partial charge in [0.05, 0.1) is 5.75 Å². The minimum atomic E-state index is 0.157. The summed E-state index contributed by atoms with van der Waals surface area (Å²) >= 11 is 1.64. The van der Waals surface area contributed by atoms with E-state index in [1.807, 2.05) is 18.2 Å². The van der Waals surface area contributed by atoms with E-state index in [0.717, 1.165) is 29.2 Å². The maximum atomic E-state index is 12.1. The lowest BCUT2D eigenvalue weighted by Gasteiger charge is -2.29. The average Bonchev–Trinajstić information content (AvgIpc) is 2.97. The lowest BCUT2D eigenvalue weighted by molar-refractivity contribution is -0.119. The smallest absolute Gasteiger partial charge is 0.231 e. The van der Waals surface area contributed by atoms with Crippen molar-refractivity contribution in [3.05, 3.63) is 23.8 Å². The molecule has 120 valence electrons. The number of carbonyl (C=O) groups excluding carboxylic acids is 1. The molecule has 0 saturated heterocycles. The lowest BCUT2D eigenvalue weighted by Crippen LogP contribution is -2.41. The van der Waals surface area contributed by atoms with E-state index in [-0.39, 0.29) is 5.91 Å². The summed E-state index contributed by atoms with van der Waals surface area (Å²) in [5.41, 5.74) is 1.16. The lowest BCUT2D eigenvalue weighted by atomic mass is 9.86. The van der Waals surface area contributed by atoms with Crippen LogP contribution in [0.25, 0.3) is 0 Å². The Balaban J connectivity index is 1.41. The third kappa shape index (κ3) is 3.88. The molecule has 1 saturated carbocycles. The van der Waals surface area contributed by atoms with Gasteiger partial charge in [-0.1, -0.05) is 25.8 Å². The second kappa shape index (κ2) is 7.27. The first-order valence-corrected chi connectivity index (χ1v) is 9.13. The molecule has 1 aromatic rings. The maximum Gasteiger partial charge on any atom is 0.231 e. The fourth-order valence-corrected chi connectivity index (χ4v) is 3.86. The van der Waals surface area contributed by atoms with Crippen molar-refractivity contribution in [1.82, 2.24) is 5.32 Å². The third-order valence-corrected chi connectivity index (χ3v) is 5.40. The normalized spacial score (nSPS) is 23.3. The van der Waals surface area contributed by atoms with Gasteiger partial charge in [0.1, 0.15) is 0 Å². The second-order valence-electron chi connectivity index (χ2n) is 6.12. The number of fused-ring (bicyclic) bond motifs is 1. The van der Waals surface area contributed by atoms with Gasteiger partial charge >= 0.3 is 0 Å². The highest BCUT2D eigenvalue weighted by atomic mass is 32.2. The highest BCUT2D eigenvalue weighted by Gasteiger charge is 2.22. The Morgan fingerprint density at radius 2 is 2.09 bits per heavy atom. The van der Waals surface area contributed by atoms with Crippen molar-refractivity contribution < 1.29 is 14.3 Å².